The molecule has 27 heavy (non-hydrogen) atoms. The van der Waals surface area contributed by atoms with Gasteiger partial charge < -0.3 is 10.1 Å². The lowest BCUT2D eigenvalue weighted by atomic mass is 10.2. The summed E-state index contributed by atoms with van der Waals surface area (Å²) in [5, 5.41) is 4.88. The lowest BCUT2D eigenvalue weighted by Crippen LogP contribution is -2.24. The topological polar surface area (TPSA) is 51.2 Å². The number of carbonyl (C=O) groups is 1. The van der Waals surface area contributed by atoms with Gasteiger partial charge in [0.1, 0.15) is 10.1 Å². The number of benzene rings is 2. The van der Waals surface area contributed by atoms with Gasteiger partial charge >= 0.3 is 0 Å². The van der Waals surface area contributed by atoms with Crippen molar-refractivity contribution in [3.8, 4) is 5.75 Å². The van der Waals surface area contributed by atoms with Crippen molar-refractivity contribution in [1.29, 1.82) is 0 Å². The fourth-order valence-electron chi connectivity index (χ4n) is 2.43. The van der Waals surface area contributed by atoms with Crippen LogP contribution in [-0.4, -0.2) is 18.0 Å². The predicted molar refractivity (Wildman–Crippen MR) is 114 cm³/mol. The molecule has 0 atom stereocenters. The first-order chi connectivity index (χ1) is 13.1. The first kappa shape index (κ1) is 19.9. The average molecular weight is 463 g/mol. The molecule has 0 fully saturated rings. The summed E-state index contributed by atoms with van der Waals surface area (Å²) in [6, 6.07) is 15.9. The minimum absolute atomic E-state index is 0.0457. The number of hydrogen-bond acceptors (Lipinski definition) is 5. The van der Waals surface area contributed by atoms with Crippen LogP contribution in [0.15, 0.2) is 62.7 Å². The molecular weight excluding hydrogens is 444 g/mol. The highest BCUT2D eigenvalue weighted by atomic mass is 79.9. The molecule has 0 aliphatic heterocycles. The number of ether oxygens (including phenoxy) is 1. The Morgan fingerprint density at radius 3 is 2.78 bits per heavy atom. The van der Waals surface area contributed by atoms with Crippen LogP contribution in [0.3, 0.4) is 0 Å². The first-order valence-corrected chi connectivity index (χ1v) is 11.0. The van der Waals surface area contributed by atoms with Gasteiger partial charge in [-0.2, -0.15) is 0 Å². The van der Waals surface area contributed by atoms with E-state index in [0.29, 0.717) is 6.54 Å². The number of para-hydroxylation sites is 1. The third kappa shape index (κ3) is 6.09. The van der Waals surface area contributed by atoms with Gasteiger partial charge in [0.2, 0.25) is 5.91 Å². The molecular formula is C20H19BrN2O2S2. The third-order valence-electron chi connectivity index (χ3n) is 3.82. The summed E-state index contributed by atoms with van der Waals surface area (Å²) in [6.45, 7) is 0.443. The number of nitrogens with one attached hydrogen (secondary N) is 1. The van der Waals surface area contributed by atoms with Crippen molar-refractivity contribution in [2.45, 2.75) is 23.1 Å². The molecule has 140 valence electrons. The van der Waals surface area contributed by atoms with E-state index in [2.05, 4.69) is 38.4 Å². The van der Waals surface area contributed by atoms with Crippen LogP contribution in [0.1, 0.15) is 16.8 Å². The Bertz CT molecular complexity index is 897. The summed E-state index contributed by atoms with van der Waals surface area (Å²) in [4.78, 5) is 16.8. The molecule has 4 nitrogen and oxygen atoms in total. The molecule has 7 heteroatoms. The van der Waals surface area contributed by atoms with Crippen molar-refractivity contribution < 1.29 is 9.53 Å². The van der Waals surface area contributed by atoms with Gasteiger partial charge in [-0.25, -0.2) is 4.98 Å². The van der Waals surface area contributed by atoms with Gasteiger partial charge in [-0.1, -0.05) is 58.0 Å². The molecule has 3 rings (SSSR count). The molecule has 0 bridgehead atoms. The van der Waals surface area contributed by atoms with Gasteiger partial charge in [0.25, 0.3) is 0 Å². The predicted octanol–water partition coefficient (Wildman–Crippen LogP) is 5.07. The number of hydrogen-bond donors (Lipinski definition) is 1. The molecule has 0 spiro atoms. The van der Waals surface area contributed by atoms with Crippen LogP contribution in [-0.2, 0) is 23.5 Å². The molecule has 1 heterocycles. The van der Waals surface area contributed by atoms with Crippen molar-refractivity contribution >= 4 is 44.9 Å². The normalized spacial score (nSPS) is 10.6. The smallest absolute Gasteiger partial charge is 0.226 e. The molecule has 0 aliphatic rings. The standard InChI is InChI=1S/C20H19BrN2O2S2/c1-25-18-5-3-2-4-15(18)11-22-19(24)10-17-13-27-20(23-17)26-12-14-6-8-16(21)9-7-14/h2-9,13H,10-12H2,1H3,(H,22,24). The number of halogens is 1. The average Bonchev–Trinajstić information content (AvgIpc) is 3.13. The summed E-state index contributed by atoms with van der Waals surface area (Å²) in [6.07, 6.45) is 0.282. The number of amides is 1. The number of nitrogens with zero attached hydrogens (tertiary/aromatic N) is 1. The van der Waals surface area contributed by atoms with Crippen molar-refractivity contribution in [3.63, 3.8) is 0 Å². The van der Waals surface area contributed by atoms with Crippen LogP contribution in [0.4, 0.5) is 0 Å². The fourth-order valence-corrected chi connectivity index (χ4v) is 4.50. The first-order valence-electron chi connectivity index (χ1n) is 8.34. The van der Waals surface area contributed by atoms with Crippen LogP contribution in [0.5, 0.6) is 5.75 Å². The summed E-state index contributed by atoms with van der Waals surface area (Å²) in [5.41, 5.74) is 3.00. The Morgan fingerprint density at radius 2 is 2.00 bits per heavy atom. The van der Waals surface area contributed by atoms with E-state index in [1.807, 2.05) is 41.8 Å². The number of thiazole rings is 1. The van der Waals surface area contributed by atoms with Crippen LogP contribution in [0.2, 0.25) is 0 Å². The van der Waals surface area contributed by atoms with E-state index in [1.165, 1.54) is 5.56 Å². The maximum atomic E-state index is 12.2. The Hall–Kier alpha value is -1.83. The van der Waals surface area contributed by atoms with Gasteiger partial charge in [-0.3, -0.25) is 4.79 Å². The number of carbonyl (C=O) groups excluding carboxylic acids is 1. The fraction of sp³-hybridized carbons (Fsp3) is 0.200. The van der Waals surface area contributed by atoms with E-state index in [-0.39, 0.29) is 12.3 Å². The largest absolute Gasteiger partial charge is 0.496 e. The molecule has 0 saturated heterocycles. The molecule has 1 amide bonds. The Kier molecular flexibility index (Phi) is 7.32. The highest BCUT2D eigenvalue weighted by Gasteiger charge is 2.09. The van der Waals surface area contributed by atoms with Gasteiger partial charge in [0.15, 0.2) is 0 Å². The Morgan fingerprint density at radius 1 is 1.22 bits per heavy atom. The monoisotopic (exact) mass is 462 g/mol. The van der Waals surface area contributed by atoms with Crippen molar-refractivity contribution in [1.82, 2.24) is 10.3 Å². The second kappa shape index (κ2) is 9.92. The molecule has 0 unspecified atom stereocenters. The molecule has 0 aliphatic carbocycles. The van der Waals surface area contributed by atoms with Crippen LogP contribution >= 0.6 is 39.0 Å². The van der Waals surface area contributed by atoms with E-state index in [0.717, 1.165) is 31.6 Å². The van der Waals surface area contributed by atoms with Crippen molar-refractivity contribution in [2.75, 3.05) is 7.11 Å². The number of thioether (sulfide) groups is 1. The number of methoxy groups -OCH3 is 1. The minimum Gasteiger partial charge on any atom is -0.496 e. The van der Waals surface area contributed by atoms with Crippen LogP contribution in [0.25, 0.3) is 0 Å². The lowest BCUT2D eigenvalue weighted by molar-refractivity contribution is -0.120. The summed E-state index contributed by atoms with van der Waals surface area (Å²) in [7, 11) is 1.63. The molecule has 0 radical (unpaired) electrons. The van der Waals surface area contributed by atoms with Gasteiger partial charge in [-0.05, 0) is 23.8 Å². The maximum absolute atomic E-state index is 12.2. The summed E-state index contributed by atoms with van der Waals surface area (Å²) in [5.74, 6) is 1.59. The molecule has 1 aromatic heterocycles. The van der Waals surface area contributed by atoms with E-state index in [9.17, 15) is 4.79 Å². The minimum atomic E-state index is -0.0457. The zero-order valence-electron chi connectivity index (χ0n) is 14.8. The van der Waals surface area contributed by atoms with Gasteiger partial charge in [0, 0.05) is 27.7 Å². The van der Waals surface area contributed by atoms with E-state index >= 15 is 0 Å². The maximum Gasteiger partial charge on any atom is 0.226 e. The molecule has 1 N–H and O–H groups in total. The zero-order chi connectivity index (χ0) is 19.1. The zero-order valence-corrected chi connectivity index (χ0v) is 18.0. The molecule has 3 aromatic rings. The van der Waals surface area contributed by atoms with Gasteiger partial charge in [-0.15, -0.1) is 11.3 Å². The van der Waals surface area contributed by atoms with Crippen LogP contribution in [0, 0.1) is 0 Å². The molecule has 0 saturated carbocycles. The van der Waals surface area contributed by atoms with E-state index in [4.69, 9.17) is 4.74 Å². The van der Waals surface area contributed by atoms with Gasteiger partial charge in [0.05, 0.1) is 19.2 Å². The van der Waals surface area contributed by atoms with Crippen molar-refractivity contribution in [2.24, 2.45) is 0 Å². The van der Waals surface area contributed by atoms with E-state index in [1.54, 1.807) is 30.2 Å². The summed E-state index contributed by atoms with van der Waals surface area (Å²) >= 11 is 6.70. The SMILES string of the molecule is COc1ccccc1CNC(=O)Cc1csc(SCc2ccc(Br)cc2)n1. The summed E-state index contributed by atoms with van der Waals surface area (Å²) < 4.78 is 7.35. The third-order valence-corrected chi connectivity index (χ3v) is 6.49. The lowest BCUT2D eigenvalue weighted by Gasteiger charge is -2.09. The Balaban J connectivity index is 1.48. The molecule has 2 aromatic carbocycles. The van der Waals surface area contributed by atoms with Crippen LogP contribution < -0.4 is 10.1 Å². The van der Waals surface area contributed by atoms with Crippen molar-refractivity contribution in [3.05, 3.63) is 75.2 Å². The second-order valence-corrected chi connectivity index (χ2v) is 8.78. The quantitative estimate of drug-likeness (QED) is 0.475. The highest BCUT2D eigenvalue weighted by molar-refractivity contribution is 9.10. The second-order valence-electron chi connectivity index (χ2n) is 5.79. The van der Waals surface area contributed by atoms with E-state index < -0.39 is 0 Å². The number of rotatable bonds is 8. The highest BCUT2D eigenvalue weighted by Crippen LogP contribution is 2.27. The Labute approximate surface area is 175 Å². The number of aromatic nitrogens is 1.